The van der Waals surface area contributed by atoms with Crippen molar-refractivity contribution in [2.24, 2.45) is 0 Å². The zero-order chi connectivity index (χ0) is 12.3. The van der Waals surface area contributed by atoms with Gasteiger partial charge in [-0.3, -0.25) is 9.78 Å². The fourth-order valence-electron chi connectivity index (χ4n) is 1.49. The van der Waals surface area contributed by atoms with E-state index in [1.165, 1.54) is 19.3 Å². The van der Waals surface area contributed by atoms with Crippen molar-refractivity contribution in [2.75, 3.05) is 0 Å². The number of rotatable bonds is 8. The molecule has 0 N–H and O–H groups in total. The predicted molar refractivity (Wildman–Crippen MR) is 66.5 cm³/mol. The minimum atomic E-state index is -0.301. The van der Waals surface area contributed by atoms with E-state index < -0.39 is 0 Å². The summed E-state index contributed by atoms with van der Waals surface area (Å²) >= 11 is 0. The number of para-hydroxylation sites is 1. The molecule has 0 saturated heterocycles. The van der Waals surface area contributed by atoms with E-state index in [1.807, 2.05) is 18.2 Å². The molecule has 0 unspecified atom stereocenters. The van der Waals surface area contributed by atoms with Gasteiger partial charge in [0.2, 0.25) is 0 Å². The van der Waals surface area contributed by atoms with E-state index >= 15 is 0 Å². The van der Waals surface area contributed by atoms with Crippen molar-refractivity contribution in [3.63, 3.8) is 0 Å². The predicted octanol–water partition coefficient (Wildman–Crippen LogP) is 3.88. The first kappa shape index (κ1) is 13.6. The maximum Gasteiger partial charge on any atom is 0.355 e. The van der Waals surface area contributed by atoms with Gasteiger partial charge in [-0.05, 0) is 18.6 Å². The largest absolute Gasteiger partial charge is 0.355 e. The molecular weight excluding hydrogens is 216 g/mol. The van der Waals surface area contributed by atoms with Crippen LogP contribution in [0.2, 0.25) is 0 Å². The van der Waals surface area contributed by atoms with E-state index in [1.54, 1.807) is 12.1 Å². The van der Waals surface area contributed by atoms with Crippen LogP contribution in [0.3, 0.4) is 0 Å². The van der Waals surface area contributed by atoms with Gasteiger partial charge in [0, 0.05) is 0 Å². The molecule has 0 amide bonds. The van der Waals surface area contributed by atoms with Gasteiger partial charge in [0.15, 0.2) is 5.75 Å². The first-order valence-corrected chi connectivity index (χ1v) is 6.25. The van der Waals surface area contributed by atoms with Crippen LogP contribution >= 0.6 is 0 Å². The first-order valence-electron chi connectivity index (χ1n) is 6.25. The molecule has 0 aliphatic rings. The Morgan fingerprint density at radius 2 is 1.76 bits per heavy atom. The molecule has 0 bridgehead atoms. The SMILES string of the molecule is CCCCCCCC(=O)OOc1ccccc1. The molecule has 1 rings (SSSR count). The third kappa shape index (κ3) is 6.61. The van der Waals surface area contributed by atoms with E-state index in [0.717, 1.165) is 12.8 Å². The summed E-state index contributed by atoms with van der Waals surface area (Å²) in [4.78, 5) is 20.9. The number of hydrogen-bond acceptors (Lipinski definition) is 3. The van der Waals surface area contributed by atoms with Gasteiger partial charge in [0.1, 0.15) is 0 Å². The van der Waals surface area contributed by atoms with Crippen LogP contribution in [0.5, 0.6) is 5.75 Å². The van der Waals surface area contributed by atoms with Crippen LogP contribution in [-0.4, -0.2) is 5.97 Å². The molecule has 0 aromatic heterocycles. The summed E-state index contributed by atoms with van der Waals surface area (Å²) < 4.78 is 0. The van der Waals surface area contributed by atoms with E-state index in [0.29, 0.717) is 12.2 Å². The average molecular weight is 236 g/mol. The standard InChI is InChI=1S/C14H20O3/c1-2-3-4-5-9-12-14(15)17-16-13-10-7-6-8-11-13/h6-8,10-11H,2-5,9,12H2,1H3. The average Bonchev–Trinajstić information content (AvgIpc) is 2.37. The molecular formula is C14H20O3. The van der Waals surface area contributed by atoms with Gasteiger partial charge in [-0.25, -0.2) is 4.79 Å². The van der Waals surface area contributed by atoms with Crippen molar-refractivity contribution in [2.45, 2.75) is 45.4 Å². The lowest BCUT2D eigenvalue weighted by Gasteiger charge is -2.03. The highest BCUT2D eigenvalue weighted by atomic mass is 17.2. The number of carbonyl (C=O) groups is 1. The summed E-state index contributed by atoms with van der Waals surface area (Å²) in [6, 6.07) is 9.02. The van der Waals surface area contributed by atoms with Crippen molar-refractivity contribution in [1.29, 1.82) is 0 Å². The van der Waals surface area contributed by atoms with E-state index in [2.05, 4.69) is 6.92 Å². The van der Waals surface area contributed by atoms with Crippen molar-refractivity contribution in [1.82, 2.24) is 0 Å². The third-order valence-electron chi connectivity index (χ3n) is 2.46. The minimum Gasteiger partial charge on any atom is -0.287 e. The second-order valence-corrected chi connectivity index (χ2v) is 4.02. The van der Waals surface area contributed by atoms with Crippen LogP contribution in [0.1, 0.15) is 45.4 Å². The number of hydrogen-bond donors (Lipinski definition) is 0. The Hall–Kier alpha value is -1.51. The number of benzene rings is 1. The van der Waals surface area contributed by atoms with E-state index in [4.69, 9.17) is 9.78 Å². The van der Waals surface area contributed by atoms with Crippen molar-refractivity contribution < 1.29 is 14.6 Å². The highest BCUT2D eigenvalue weighted by Crippen LogP contribution is 2.10. The van der Waals surface area contributed by atoms with Gasteiger partial charge < -0.3 is 0 Å². The Labute approximate surface area is 103 Å². The van der Waals surface area contributed by atoms with Crippen LogP contribution in [0.4, 0.5) is 0 Å². The van der Waals surface area contributed by atoms with Gasteiger partial charge in [-0.1, -0.05) is 50.8 Å². The Bertz CT molecular complexity index is 309. The molecule has 0 radical (unpaired) electrons. The molecule has 0 atom stereocenters. The number of unbranched alkanes of at least 4 members (excludes halogenated alkanes) is 4. The molecule has 1 aromatic carbocycles. The molecule has 3 heteroatoms. The van der Waals surface area contributed by atoms with E-state index in [9.17, 15) is 4.79 Å². The van der Waals surface area contributed by atoms with Gasteiger partial charge in [-0.15, -0.1) is 0 Å². The highest BCUT2D eigenvalue weighted by molar-refractivity contribution is 5.68. The maximum absolute atomic E-state index is 11.3. The molecule has 0 spiro atoms. The first-order chi connectivity index (χ1) is 8.33. The van der Waals surface area contributed by atoms with Crippen LogP contribution in [-0.2, 0) is 9.68 Å². The van der Waals surface area contributed by atoms with Crippen molar-refractivity contribution >= 4 is 5.97 Å². The van der Waals surface area contributed by atoms with Gasteiger partial charge in [0.05, 0.1) is 6.42 Å². The van der Waals surface area contributed by atoms with Crippen LogP contribution in [0.25, 0.3) is 0 Å². The fourth-order valence-corrected chi connectivity index (χ4v) is 1.49. The lowest BCUT2D eigenvalue weighted by molar-refractivity contribution is -0.213. The molecule has 0 saturated carbocycles. The van der Waals surface area contributed by atoms with Crippen LogP contribution in [0, 0.1) is 0 Å². The molecule has 0 fully saturated rings. The topological polar surface area (TPSA) is 35.5 Å². The number of carbonyl (C=O) groups excluding carboxylic acids is 1. The Morgan fingerprint density at radius 3 is 2.47 bits per heavy atom. The van der Waals surface area contributed by atoms with Gasteiger partial charge in [-0.2, -0.15) is 0 Å². The molecule has 0 aliphatic carbocycles. The Balaban J connectivity index is 2.05. The second kappa shape index (κ2) is 8.62. The Morgan fingerprint density at radius 1 is 1.06 bits per heavy atom. The Kier molecular flexibility index (Phi) is 6.87. The summed E-state index contributed by atoms with van der Waals surface area (Å²) in [6.07, 6.45) is 6.00. The minimum absolute atomic E-state index is 0.301. The summed E-state index contributed by atoms with van der Waals surface area (Å²) in [5.74, 6) is 0.247. The lowest BCUT2D eigenvalue weighted by atomic mass is 10.1. The lowest BCUT2D eigenvalue weighted by Crippen LogP contribution is -2.07. The zero-order valence-electron chi connectivity index (χ0n) is 10.4. The fraction of sp³-hybridized carbons (Fsp3) is 0.500. The monoisotopic (exact) mass is 236 g/mol. The smallest absolute Gasteiger partial charge is 0.287 e. The molecule has 17 heavy (non-hydrogen) atoms. The second-order valence-electron chi connectivity index (χ2n) is 4.02. The van der Waals surface area contributed by atoms with Crippen molar-refractivity contribution in [3.05, 3.63) is 30.3 Å². The summed E-state index contributed by atoms with van der Waals surface area (Å²) in [5, 5.41) is 0. The molecule has 94 valence electrons. The van der Waals surface area contributed by atoms with Gasteiger partial charge >= 0.3 is 5.97 Å². The molecule has 3 nitrogen and oxygen atoms in total. The quantitative estimate of drug-likeness (QED) is 0.390. The zero-order valence-corrected chi connectivity index (χ0v) is 10.4. The molecule has 0 heterocycles. The molecule has 1 aromatic rings. The van der Waals surface area contributed by atoms with Gasteiger partial charge in [0.25, 0.3) is 0 Å². The normalized spacial score (nSPS) is 9.94. The highest BCUT2D eigenvalue weighted by Gasteiger charge is 2.04. The van der Waals surface area contributed by atoms with E-state index in [-0.39, 0.29) is 5.97 Å². The maximum atomic E-state index is 11.3. The van der Waals surface area contributed by atoms with Crippen LogP contribution in [0.15, 0.2) is 30.3 Å². The molecule has 0 aliphatic heterocycles. The summed E-state index contributed by atoms with van der Waals surface area (Å²) in [6.45, 7) is 2.17. The third-order valence-corrected chi connectivity index (χ3v) is 2.46. The van der Waals surface area contributed by atoms with Crippen LogP contribution < -0.4 is 4.89 Å². The summed E-state index contributed by atoms with van der Waals surface area (Å²) in [7, 11) is 0. The summed E-state index contributed by atoms with van der Waals surface area (Å²) in [5.41, 5.74) is 0. The van der Waals surface area contributed by atoms with Crippen molar-refractivity contribution in [3.8, 4) is 5.75 Å².